The van der Waals surface area contributed by atoms with Crippen molar-refractivity contribution < 1.29 is 9.63 Å². The molecule has 0 unspecified atom stereocenters. The van der Waals surface area contributed by atoms with Crippen LogP contribution in [0.3, 0.4) is 0 Å². The van der Waals surface area contributed by atoms with Gasteiger partial charge in [-0.15, -0.1) is 0 Å². The van der Waals surface area contributed by atoms with Crippen LogP contribution in [0.15, 0.2) is 54.6 Å². The van der Waals surface area contributed by atoms with Gasteiger partial charge in [0.25, 0.3) is 0 Å². The molecule has 0 radical (unpaired) electrons. The molecule has 0 saturated carbocycles. The zero-order valence-corrected chi connectivity index (χ0v) is 12.3. The van der Waals surface area contributed by atoms with E-state index in [1.54, 1.807) is 0 Å². The molecule has 0 atom stereocenters. The highest BCUT2D eigenvalue weighted by Crippen LogP contribution is 2.11. The Labute approximate surface area is 125 Å². The van der Waals surface area contributed by atoms with Gasteiger partial charge >= 0.3 is 0 Å². The maximum Gasteiger partial charge on any atom is 0.193 e. The van der Waals surface area contributed by atoms with E-state index >= 15 is 0 Å². The molecule has 2 aromatic carbocycles. The summed E-state index contributed by atoms with van der Waals surface area (Å²) in [4.78, 5) is 17.6. The number of benzene rings is 2. The van der Waals surface area contributed by atoms with Crippen LogP contribution in [0, 0.1) is 0 Å². The summed E-state index contributed by atoms with van der Waals surface area (Å²) in [6.07, 6.45) is 2.25. The lowest BCUT2D eigenvalue weighted by Crippen LogP contribution is -2.15. The minimum absolute atomic E-state index is 0.0455. The van der Waals surface area contributed by atoms with Crippen molar-refractivity contribution in [2.24, 2.45) is 0 Å². The van der Waals surface area contributed by atoms with Gasteiger partial charge in [-0.2, -0.15) is 0 Å². The summed E-state index contributed by atoms with van der Waals surface area (Å²) in [7, 11) is 0. The van der Waals surface area contributed by atoms with E-state index < -0.39 is 0 Å². The van der Waals surface area contributed by atoms with Gasteiger partial charge in [0.1, 0.15) is 0 Å². The highest BCUT2D eigenvalue weighted by molar-refractivity contribution is 6.08. The van der Waals surface area contributed by atoms with Crippen molar-refractivity contribution in [2.45, 2.75) is 26.4 Å². The first-order chi connectivity index (χ1) is 10.3. The van der Waals surface area contributed by atoms with Crippen LogP contribution in [-0.4, -0.2) is 12.3 Å². The van der Waals surface area contributed by atoms with Gasteiger partial charge in [0.2, 0.25) is 0 Å². The predicted molar refractivity (Wildman–Crippen MR) is 84.0 cm³/mol. The van der Waals surface area contributed by atoms with E-state index in [1.165, 1.54) is 0 Å². The number of hydrogen-bond acceptors (Lipinski definition) is 3. The highest BCUT2D eigenvalue weighted by Gasteiger charge is 2.07. The molecule has 1 N–H and O–H groups in total. The maximum absolute atomic E-state index is 12.2. The number of hydrogen-bond donors (Lipinski definition) is 1. The largest absolute Gasteiger partial charge is 0.297 e. The van der Waals surface area contributed by atoms with Gasteiger partial charge in [0, 0.05) is 17.7 Å². The Morgan fingerprint density at radius 3 is 2.33 bits per heavy atom. The summed E-state index contributed by atoms with van der Waals surface area (Å²) < 4.78 is 0. The van der Waals surface area contributed by atoms with E-state index in [-0.39, 0.29) is 5.78 Å². The van der Waals surface area contributed by atoms with Crippen LogP contribution in [0.25, 0.3) is 0 Å². The van der Waals surface area contributed by atoms with Crippen LogP contribution >= 0.6 is 0 Å². The zero-order valence-electron chi connectivity index (χ0n) is 12.3. The molecule has 0 aromatic heterocycles. The molecule has 21 heavy (non-hydrogen) atoms. The zero-order chi connectivity index (χ0) is 14.9. The van der Waals surface area contributed by atoms with Gasteiger partial charge in [0.15, 0.2) is 5.78 Å². The Kier molecular flexibility index (Phi) is 6.13. The number of rotatable bonds is 8. The Hall–Kier alpha value is -1.97. The number of nitrogens with one attached hydrogen (secondary N) is 1. The van der Waals surface area contributed by atoms with E-state index in [0.29, 0.717) is 17.7 Å². The van der Waals surface area contributed by atoms with E-state index in [1.807, 2.05) is 54.6 Å². The summed E-state index contributed by atoms with van der Waals surface area (Å²) in [6, 6.07) is 16.9. The van der Waals surface area contributed by atoms with Crippen molar-refractivity contribution in [3.05, 3.63) is 71.3 Å². The lowest BCUT2D eigenvalue weighted by atomic mass is 10.0. The quantitative estimate of drug-likeness (QED) is 0.455. The van der Waals surface area contributed by atoms with Crippen molar-refractivity contribution in [1.29, 1.82) is 0 Å². The lowest BCUT2D eigenvalue weighted by Gasteiger charge is -2.06. The Bertz CT molecular complexity index is 549. The second-order valence-corrected chi connectivity index (χ2v) is 4.93. The van der Waals surface area contributed by atoms with Crippen molar-refractivity contribution >= 4 is 5.78 Å². The predicted octanol–water partition coefficient (Wildman–Crippen LogP) is 3.74. The van der Waals surface area contributed by atoms with Gasteiger partial charge in [-0.25, -0.2) is 5.48 Å². The first-order valence-corrected chi connectivity index (χ1v) is 7.34. The van der Waals surface area contributed by atoms with Gasteiger partial charge in [-0.3, -0.25) is 9.63 Å². The first kappa shape index (κ1) is 15.4. The second-order valence-electron chi connectivity index (χ2n) is 4.93. The van der Waals surface area contributed by atoms with E-state index in [9.17, 15) is 4.79 Å². The number of unbranched alkanes of at least 4 members (excludes halogenated alkanes) is 1. The fraction of sp³-hybridized carbons (Fsp3) is 0.278. The topological polar surface area (TPSA) is 38.3 Å². The molecule has 0 heterocycles. The highest BCUT2D eigenvalue weighted by atomic mass is 16.6. The lowest BCUT2D eigenvalue weighted by molar-refractivity contribution is 0.0275. The fourth-order valence-electron chi connectivity index (χ4n) is 1.96. The van der Waals surface area contributed by atoms with Gasteiger partial charge in [-0.05, 0) is 12.0 Å². The number of carbonyl (C=O) groups excluding carboxylic acids is 1. The van der Waals surface area contributed by atoms with Crippen LogP contribution < -0.4 is 5.48 Å². The average Bonchev–Trinajstić information content (AvgIpc) is 2.55. The van der Waals surface area contributed by atoms with Gasteiger partial charge < -0.3 is 0 Å². The van der Waals surface area contributed by atoms with Gasteiger partial charge in [-0.1, -0.05) is 67.9 Å². The molecule has 0 spiro atoms. The molecular weight excluding hydrogens is 262 g/mol. The smallest absolute Gasteiger partial charge is 0.193 e. The molecule has 3 heteroatoms. The third-order valence-corrected chi connectivity index (χ3v) is 3.23. The molecule has 0 aliphatic heterocycles. The second kappa shape index (κ2) is 8.35. The molecule has 0 bridgehead atoms. The minimum atomic E-state index is 0.0455. The number of ketones is 1. The third-order valence-electron chi connectivity index (χ3n) is 3.23. The van der Waals surface area contributed by atoms with Crippen molar-refractivity contribution in [3.8, 4) is 0 Å². The molecule has 2 aromatic rings. The number of carbonyl (C=O) groups is 1. The molecule has 0 aliphatic carbocycles. The van der Waals surface area contributed by atoms with Crippen LogP contribution in [0.4, 0.5) is 0 Å². The van der Waals surface area contributed by atoms with Crippen molar-refractivity contribution in [1.82, 2.24) is 5.48 Å². The molecule has 0 amide bonds. The van der Waals surface area contributed by atoms with Crippen LogP contribution in [-0.2, 0) is 11.4 Å². The summed E-state index contributed by atoms with van der Waals surface area (Å²) in [5, 5.41) is 0. The normalized spacial score (nSPS) is 10.5. The summed E-state index contributed by atoms with van der Waals surface area (Å²) in [6.45, 7) is 3.51. The van der Waals surface area contributed by atoms with E-state index in [2.05, 4.69) is 12.4 Å². The first-order valence-electron chi connectivity index (χ1n) is 7.34. The van der Waals surface area contributed by atoms with Crippen LogP contribution in [0.2, 0.25) is 0 Å². The third kappa shape index (κ3) is 4.81. The Morgan fingerprint density at radius 1 is 1.00 bits per heavy atom. The molecule has 0 aliphatic rings. The standard InChI is InChI=1S/C18H21NO2/c1-2-3-13-19-21-14-15-9-11-17(12-10-15)18(20)16-7-5-4-6-8-16/h4-12,19H,2-3,13-14H2,1H3. The monoisotopic (exact) mass is 283 g/mol. The van der Waals surface area contributed by atoms with Crippen molar-refractivity contribution in [2.75, 3.05) is 6.54 Å². The molecule has 0 saturated heterocycles. The SMILES string of the molecule is CCCCNOCc1ccc(C(=O)c2ccccc2)cc1. The van der Waals surface area contributed by atoms with Crippen LogP contribution in [0.1, 0.15) is 41.3 Å². The molecule has 0 fully saturated rings. The summed E-state index contributed by atoms with van der Waals surface area (Å²) >= 11 is 0. The van der Waals surface area contributed by atoms with Gasteiger partial charge in [0.05, 0.1) is 6.61 Å². The fourth-order valence-corrected chi connectivity index (χ4v) is 1.96. The maximum atomic E-state index is 12.2. The van der Waals surface area contributed by atoms with Crippen LogP contribution in [0.5, 0.6) is 0 Å². The number of hydroxylamine groups is 1. The molecule has 2 rings (SSSR count). The molecule has 3 nitrogen and oxygen atoms in total. The Morgan fingerprint density at radius 2 is 1.67 bits per heavy atom. The molecule has 110 valence electrons. The minimum Gasteiger partial charge on any atom is -0.297 e. The summed E-state index contributed by atoms with van der Waals surface area (Å²) in [5.41, 5.74) is 5.39. The van der Waals surface area contributed by atoms with E-state index in [4.69, 9.17) is 4.84 Å². The average molecular weight is 283 g/mol. The van der Waals surface area contributed by atoms with Crippen molar-refractivity contribution in [3.63, 3.8) is 0 Å². The molecular formula is C18H21NO2. The summed E-state index contributed by atoms with van der Waals surface area (Å²) in [5.74, 6) is 0.0455. The van der Waals surface area contributed by atoms with E-state index in [0.717, 1.165) is 24.9 Å². The Balaban J connectivity index is 1.88.